The van der Waals surface area contributed by atoms with Gasteiger partial charge in [0.25, 0.3) is 0 Å². The molecule has 13 heteroatoms. The number of primary amides is 2. The summed E-state index contributed by atoms with van der Waals surface area (Å²) in [5.41, 5.74) is 6.98. The first kappa shape index (κ1) is 25.4. The first-order valence-electron chi connectivity index (χ1n) is 11.1. The summed E-state index contributed by atoms with van der Waals surface area (Å²) in [5, 5.41) is 35.9. The molecular weight excluding hydrogens is 476 g/mol. The lowest BCUT2D eigenvalue weighted by Crippen LogP contribution is -2.77. The Morgan fingerprint density at radius 2 is 1.69 bits per heavy atom. The summed E-state index contributed by atoms with van der Waals surface area (Å²) < 4.78 is 0. The van der Waals surface area contributed by atoms with Crippen molar-refractivity contribution in [2.75, 3.05) is 19.4 Å². The number of aromatic hydroxyl groups is 1. The molecule has 1 aromatic carbocycles. The van der Waals surface area contributed by atoms with Gasteiger partial charge in [-0.2, -0.15) is 0 Å². The van der Waals surface area contributed by atoms with Crippen molar-refractivity contribution in [2.24, 2.45) is 35.1 Å². The summed E-state index contributed by atoms with van der Waals surface area (Å²) in [6.07, 6.45) is -1.72. The zero-order valence-corrected chi connectivity index (χ0v) is 19.6. The smallest absolute Gasteiger partial charge is 0.316 e. The number of aliphatic hydroxyl groups excluding tert-OH is 1. The summed E-state index contributed by atoms with van der Waals surface area (Å²) in [4.78, 5) is 78.3. The Balaban J connectivity index is 1.94. The van der Waals surface area contributed by atoms with E-state index in [1.165, 1.54) is 31.1 Å². The Morgan fingerprint density at radius 3 is 2.22 bits per heavy atom. The fourth-order valence-electron chi connectivity index (χ4n) is 6.22. The Kier molecular flexibility index (Phi) is 5.78. The normalized spacial score (nSPS) is 35.7. The van der Waals surface area contributed by atoms with Crippen LogP contribution in [-0.4, -0.2) is 87.1 Å². The number of phenolic OH excluding ortho intramolecular Hbond substituents is 1. The third-order valence-corrected chi connectivity index (χ3v) is 7.75. The molecule has 36 heavy (non-hydrogen) atoms. The number of aliphatic hydroxyl groups is 2. The maximum Gasteiger partial charge on any atom is 0.316 e. The van der Waals surface area contributed by atoms with Crippen LogP contribution in [0, 0.1) is 23.7 Å². The minimum Gasteiger partial charge on any atom is -0.505 e. The molecular formula is C23H26N4O9. The maximum absolute atomic E-state index is 13.8. The number of nitrogens with two attached hydrogens (primary N) is 2. The number of hydrogen-bond donors (Lipinski definition) is 6. The molecule has 192 valence electrons. The van der Waals surface area contributed by atoms with Crippen LogP contribution in [-0.2, 0) is 19.2 Å². The van der Waals surface area contributed by atoms with E-state index in [4.69, 9.17) is 11.5 Å². The predicted molar refractivity (Wildman–Crippen MR) is 121 cm³/mol. The van der Waals surface area contributed by atoms with E-state index in [0.29, 0.717) is 0 Å². The van der Waals surface area contributed by atoms with E-state index < -0.39 is 88.2 Å². The zero-order chi connectivity index (χ0) is 27.0. The number of benzene rings is 1. The van der Waals surface area contributed by atoms with Crippen molar-refractivity contribution in [2.45, 2.75) is 30.6 Å². The molecule has 3 amide bonds. The fraction of sp³-hybridized carbons (Fsp3) is 0.478. The van der Waals surface area contributed by atoms with E-state index in [1.807, 2.05) is 0 Å². The van der Waals surface area contributed by atoms with Gasteiger partial charge in [-0.15, -0.1) is 0 Å². The van der Waals surface area contributed by atoms with E-state index in [9.17, 15) is 44.1 Å². The number of carbonyl (C=O) groups is 6. The van der Waals surface area contributed by atoms with Gasteiger partial charge in [0.15, 0.2) is 34.7 Å². The quantitative estimate of drug-likeness (QED) is 0.194. The number of likely N-dealkylation sites (N-methyl/N-ethyl adjacent to an activating group) is 1. The van der Waals surface area contributed by atoms with Gasteiger partial charge in [-0.05, 0) is 31.6 Å². The van der Waals surface area contributed by atoms with Crippen molar-refractivity contribution in [3.8, 4) is 5.75 Å². The molecule has 4 rings (SSSR count). The Hall–Kier alpha value is -3.68. The van der Waals surface area contributed by atoms with Crippen molar-refractivity contribution in [3.63, 3.8) is 0 Å². The molecule has 2 fully saturated rings. The number of ketones is 4. The number of rotatable bonds is 3. The van der Waals surface area contributed by atoms with Crippen LogP contribution in [0.15, 0.2) is 12.1 Å². The average Bonchev–Trinajstić information content (AvgIpc) is 2.77. The van der Waals surface area contributed by atoms with Crippen molar-refractivity contribution in [1.29, 1.82) is 0 Å². The molecule has 2 saturated carbocycles. The summed E-state index contributed by atoms with van der Waals surface area (Å²) >= 11 is 0. The minimum atomic E-state index is -3.07. The molecule has 8 N–H and O–H groups in total. The van der Waals surface area contributed by atoms with E-state index in [2.05, 4.69) is 5.32 Å². The van der Waals surface area contributed by atoms with Crippen LogP contribution in [0.1, 0.15) is 28.8 Å². The highest BCUT2D eigenvalue weighted by Crippen LogP contribution is 2.55. The SMILES string of the molecule is C[C@@H]1c2ccc(NC(N)=O)c(O)c2C(=O)C2C(=O)[C@@]3(O)C(=O)C(C(N)=O)C(=O)[C@H](N(C)C)[C@H]3[C@H](O)[C@H]21. The van der Waals surface area contributed by atoms with Crippen LogP contribution in [0.25, 0.3) is 0 Å². The van der Waals surface area contributed by atoms with Crippen LogP contribution in [0.2, 0.25) is 0 Å². The summed E-state index contributed by atoms with van der Waals surface area (Å²) in [6.45, 7) is 1.58. The third kappa shape index (κ3) is 3.13. The summed E-state index contributed by atoms with van der Waals surface area (Å²) in [5.74, 6) is -14.4. The van der Waals surface area contributed by atoms with Crippen LogP contribution in [0.5, 0.6) is 5.75 Å². The molecule has 0 aromatic heterocycles. The average molecular weight is 502 g/mol. The molecule has 3 aliphatic rings. The minimum absolute atomic E-state index is 0.207. The van der Waals surface area contributed by atoms with Crippen molar-refractivity contribution in [3.05, 3.63) is 23.3 Å². The number of fused-ring (bicyclic) bond motifs is 3. The fourth-order valence-corrected chi connectivity index (χ4v) is 6.22. The second kappa shape index (κ2) is 8.18. The third-order valence-electron chi connectivity index (χ3n) is 7.75. The highest BCUT2D eigenvalue weighted by Gasteiger charge is 2.72. The highest BCUT2D eigenvalue weighted by molar-refractivity contribution is 6.32. The summed E-state index contributed by atoms with van der Waals surface area (Å²) in [7, 11) is 2.83. The molecule has 0 aliphatic heterocycles. The lowest BCUT2D eigenvalue weighted by molar-refractivity contribution is -0.196. The molecule has 2 unspecified atom stereocenters. The largest absolute Gasteiger partial charge is 0.505 e. The Bertz CT molecular complexity index is 1240. The van der Waals surface area contributed by atoms with E-state index in [1.54, 1.807) is 6.92 Å². The molecule has 0 saturated heterocycles. The highest BCUT2D eigenvalue weighted by atomic mass is 16.3. The second-order valence-electron chi connectivity index (χ2n) is 9.78. The Morgan fingerprint density at radius 1 is 1.08 bits per heavy atom. The molecule has 0 radical (unpaired) electrons. The number of Topliss-reactive ketones (excluding diaryl/α,β-unsaturated/α-hetero) is 4. The predicted octanol–water partition coefficient (Wildman–Crippen LogP) is -2.11. The number of phenols is 1. The van der Waals surface area contributed by atoms with Gasteiger partial charge in [-0.25, -0.2) is 4.79 Å². The van der Waals surface area contributed by atoms with Crippen molar-refractivity contribution < 1.29 is 44.1 Å². The van der Waals surface area contributed by atoms with Crippen LogP contribution >= 0.6 is 0 Å². The number of urea groups is 1. The van der Waals surface area contributed by atoms with Gasteiger partial charge in [0.05, 0.1) is 35.2 Å². The van der Waals surface area contributed by atoms with Crippen LogP contribution in [0.3, 0.4) is 0 Å². The molecule has 1 aromatic rings. The van der Waals surface area contributed by atoms with Gasteiger partial charge >= 0.3 is 6.03 Å². The van der Waals surface area contributed by atoms with Gasteiger partial charge in [-0.1, -0.05) is 13.0 Å². The Labute approximate surface area is 204 Å². The lowest BCUT2D eigenvalue weighted by Gasteiger charge is -2.56. The lowest BCUT2D eigenvalue weighted by atomic mass is 9.49. The molecule has 0 bridgehead atoms. The standard InChI is InChI=1S/C23H26N4O9/c1-6-7-4-5-8(26-22(25)35)15(28)10(7)16(29)11-9(6)17(30)13-14(27(2)3)18(31)12(21(24)34)20(33)23(13,36)19(11)32/h4-6,9,11-14,17,28,30,36H,1-3H3,(H2,24,34)(H3,25,26,35)/t6-,9+,11?,12?,13+,14-,17-,23-/m1/s1. The van der Waals surface area contributed by atoms with Crippen LogP contribution in [0.4, 0.5) is 10.5 Å². The maximum atomic E-state index is 13.8. The monoisotopic (exact) mass is 502 g/mol. The van der Waals surface area contributed by atoms with E-state index in [0.717, 1.165) is 0 Å². The zero-order valence-electron chi connectivity index (χ0n) is 19.6. The van der Waals surface area contributed by atoms with Gasteiger partial charge in [0, 0.05) is 5.92 Å². The van der Waals surface area contributed by atoms with E-state index in [-0.39, 0.29) is 16.8 Å². The number of carbonyl (C=O) groups excluding carboxylic acids is 6. The molecule has 3 aliphatic carbocycles. The molecule has 13 nitrogen and oxygen atoms in total. The first-order valence-corrected chi connectivity index (χ1v) is 11.1. The number of hydrogen-bond acceptors (Lipinski definition) is 10. The second-order valence-corrected chi connectivity index (χ2v) is 9.78. The van der Waals surface area contributed by atoms with Crippen molar-refractivity contribution in [1.82, 2.24) is 4.90 Å². The number of nitrogens with one attached hydrogen (secondary N) is 1. The van der Waals surface area contributed by atoms with E-state index >= 15 is 0 Å². The molecule has 8 atom stereocenters. The number of amides is 3. The number of anilines is 1. The summed E-state index contributed by atoms with van der Waals surface area (Å²) in [6, 6.07) is 0.250. The van der Waals surface area contributed by atoms with Gasteiger partial charge in [0.2, 0.25) is 5.91 Å². The topological polar surface area (TPSA) is 230 Å². The van der Waals surface area contributed by atoms with Crippen LogP contribution < -0.4 is 16.8 Å². The van der Waals surface area contributed by atoms with Gasteiger partial charge in [0.1, 0.15) is 5.75 Å². The van der Waals surface area contributed by atoms with Crippen molar-refractivity contribution >= 4 is 40.8 Å². The van der Waals surface area contributed by atoms with Gasteiger partial charge < -0.3 is 32.1 Å². The molecule has 0 spiro atoms. The number of nitrogens with zero attached hydrogens (tertiary/aromatic N) is 1. The van der Waals surface area contributed by atoms with Gasteiger partial charge in [-0.3, -0.25) is 28.9 Å². The molecule has 0 heterocycles. The first-order chi connectivity index (χ1) is 16.7.